The van der Waals surface area contributed by atoms with Gasteiger partial charge < -0.3 is 20.3 Å². The normalized spacial score (nSPS) is 19.0. The molecule has 1 saturated heterocycles. The summed E-state index contributed by atoms with van der Waals surface area (Å²) in [7, 11) is 6.09. The average molecular weight is 475 g/mol. The molecule has 1 aliphatic rings. The van der Waals surface area contributed by atoms with Crippen LogP contribution in [0.1, 0.15) is 18.1 Å². The molecule has 7 heteroatoms. The number of nitrogens with one attached hydrogen (secondary N) is 2. The van der Waals surface area contributed by atoms with Gasteiger partial charge in [0.1, 0.15) is 5.75 Å². The van der Waals surface area contributed by atoms with Gasteiger partial charge in [0.05, 0.1) is 13.7 Å². The highest BCUT2D eigenvalue weighted by Gasteiger charge is 2.22. The maximum absolute atomic E-state index is 5.48. The summed E-state index contributed by atoms with van der Waals surface area (Å²) >= 11 is 0. The first-order valence-corrected chi connectivity index (χ1v) is 9.08. The van der Waals surface area contributed by atoms with Crippen molar-refractivity contribution in [2.24, 2.45) is 4.99 Å². The van der Waals surface area contributed by atoms with E-state index in [0.717, 1.165) is 50.0 Å². The first kappa shape index (κ1) is 23.0. The molecule has 1 unspecified atom stereocenters. The van der Waals surface area contributed by atoms with Crippen LogP contribution < -0.4 is 15.4 Å². The van der Waals surface area contributed by atoms with Gasteiger partial charge in [-0.1, -0.05) is 12.1 Å². The fraction of sp³-hybridized carbons (Fsp3) is 0.632. The zero-order valence-electron chi connectivity index (χ0n) is 16.7. The van der Waals surface area contributed by atoms with Crippen molar-refractivity contribution in [1.82, 2.24) is 20.4 Å². The highest BCUT2D eigenvalue weighted by molar-refractivity contribution is 14.0. The third-order valence-corrected chi connectivity index (χ3v) is 4.68. The molecule has 0 saturated carbocycles. The van der Waals surface area contributed by atoms with Crippen LogP contribution in [0.4, 0.5) is 0 Å². The van der Waals surface area contributed by atoms with Crippen LogP contribution in [0.25, 0.3) is 0 Å². The Bertz CT molecular complexity index is 581. The van der Waals surface area contributed by atoms with E-state index in [1.807, 2.05) is 0 Å². The lowest BCUT2D eigenvalue weighted by molar-refractivity contribution is 0.116. The van der Waals surface area contributed by atoms with Gasteiger partial charge in [-0.05, 0) is 39.6 Å². The Labute approximate surface area is 175 Å². The Morgan fingerprint density at radius 2 is 2.04 bits per heavy atom. The Kier molecular flexibility index (Phi) is 10.3. The van der Waals surface area contributed by atoms with Crippen LogP contribution in [0, 0.1) is 6.92 Å². The van der Waals surface area contributed by atoms with Crippen molar-refractivity contribution in [3.63, 3.8) is 0 Å². The summed E-state index contributed by atoms with van der Waals surface area (Å²) < 4.78 is 5.48. The Morgan fingerprint density at radius 3 is 2.73 bits per heavy atom. The van der Waals surface area contributed by atoms with Crippen molar-refractivity contribution in [2.45, 2.75) is 26.4 Å². The van der Waals surface area contributed by atoms with Gasteiger partial charge in [0.15, 0.2) is 5.96 Å². The van der Waals surface area contributed by atoms with E-state index in [9.17, 15) is 0 Å². The van der Waals surface area contributed by atoms with Gasteiger partial charge >= 0.3 is 0 Å². The fourth-order valence-corrected chi connectivity index (χ4v) is 3.02. The highest BCUT2D eigenvalue weighted by atomic mass is 127. The van der Waals surface area contributed by atoms with Gasteiger partial charge in [0.2, 0.25) is 0 Å². The molecule has 148 valence electrons. The maximum atomic E-state index is 5.48. The van der Waals surface area contributed by atoms with Crippen molar-refractivity contribution < 1.29 is 4.74 Å². The molecular weight excluding hydrogens is 441 g/mol. The topological polar surface area (TPSA) is 52.1 Å². The number of aliphatic imine (C=N–C) groups is 1. The number of hydrogen-bond donors (Lipinski definition) is 2. The van der Waals surface area contributed by atoms with Crippen LogP contribution in [0.2, 0.25) is 0 Å². The zero-order chi connectivity index (χ0) is 18.2. The molecule has 0 radical (unpaired) electrons. The smallest absolute Gasteiger partial charge is 0.191 e. The molecular formula is C19H34IN5O. The van der Waals surface area contributed by atoms with Crippen molar-refractivity contribution in [2.75, 3.05) is 53.9 Å². The maximum Gasteiger partial charge on any atom is 0.191 e. The van der Waals surface area contributed by atoms with E-state index in [-0.39, 0.29) is 24.0 Å². The molecule has 1 atom stereocenters. The molecule has 1 aromatic carbocycles. The lowest BCUT2D eigenvalue weighted by Crippen LogP contribution is -2.55. The SMILES string of the molecule is CCNC(=NCc1ccc(C)cc1OC)NCC1CN(C)CCN1C.I. The highest BCUT2D eigenvalue weighted by Crippen LogP contribution is 2.20. The van der Waals surface area contributed by atoms with E-state index in [4.69, 9.17) is 9.73 Å². The van der Waals surface area contributed by atoms with E-state index in [1.54, 1.807) is 7.11 Å². The summed E-state index contributed by atoms with van der Waals surface area (Å²) in [4.78, 5) is 9.53. The summed E-state index contributed by atoms with van der Waals surface area (Å²) in [6.07, 6.45) is 0. The number of rotatable bonds is 6. The van der Waals surface area contributed by atoms with Crippen LogP contribution >= 0.6 is 24.0 Å². The molecule has 0 spiro atoms. The summed E-state index contributed by atoms with van der Waals surface area (Å²) in [5.41, 5.74) is 2.29. The monoisotopic (exact) mass is 475 g/mol. The van der Waals surface area contributed by atoms with Gasteiger partial charge in [-0.25, -0.2) is 4.99 Å². The molecule has 26 heavy (non-hydrogen) atoms. The van der Waals surface area contributed by atoms with E-state index in [0.29, 0.717) is 12.6 Å². The number of ether oxygens (including phenoxy) is 1. The van der Waals surface area contributed by atoms with Crippen molar-refractivity contribution in [3.05, 3.63) is 29.3 Å². The van der Waals surface area contributed by atoms with E-state index in [2.05, 4.69) is 66.6 Å². The third-order valence-electron chi connectivity index (χ3n) is 4.68. The van der Waals surface area contributed by atoms with Gasteiger partial charge in [0, 0.05) is 44.3 Å². The van der Waals surface area contributed by atoms with Crippen LogP contribution in [0.15, 0.2) is 23.2 Å². The molecule has 0 bridgehead atoms. The zero-order valence-corrected chi connectivity index (χ0v) is 19.0. The van der Waals surface area contributed by atoms with Crippen molar-refractivity contribution >= 4 is 29.9 Å². The molecule has 6 nitrogen and oxygen atoms in total. The number of halogens is 1. The number of guanidine groups is 1. The number of likely N-dealkylation sites (N-methyl/N-ethyl adjacent to an activating group) is 2. The van der Waals surface area contributed by atoms with Crippen LogP contribution in [-0.4, -0.2) is 75.7 Å². The van der Waals surface area contributed by atoms with Gasteiger partial charge in [-0.3, -0.25) is 4.90 Å². The summed E-state index contributed by atoms with van der Waals surface area (Å²) in [5, 5.41) is 6.82. The predicted molar refractivity (Wildman–Crippen MR) is 120 cm³/mol. The van der Waals surface area contributed by atoms with Crippen LogP contribution in [0.5, 0.6) is 5.75 Å². The third kappa shape index (κ3) is 6.92. The first-order chi connectivity index (χ1) is 12.0. The van der Waals surface area contributed by atoms with Crippen molar-refractivity contribution in [3.8, 4) is 5.75 Å². The van der Waals surface area contributed by atoms with Gasteiger partial charge in [0.25, 0.3) is 0 Å². The van der Waals surface area contributed by atoms with E-state index >= 15 is 0 Å². The van der Waals surface area contributed by atoms with Gasteiger partial charge in [-0.15, -0.1) is 24.0 Å². The molecule has 0 aliphatic carbocycles. The standard InChI is InChI=1S/C19H33N5O.HI/c1-6-20-19(22-13-17-14-23(3)9-10-24(17)4)21-12-16-8-7-15(2)11-18(16)25-5;/h7-8,11,17H,6,9-10,12-14H2,1-5H3,(H2,20,21,22);1H. The second-order valence-electron chi connectivity index (χ2n) is 6.79. The Balaban J connectivity index is 0.00000338. The summed E-state index contributed by atoms with van der Waals surface area (Å²) in [6.45, 7) is 9.80. The molecule has 2 rings (SSSR count). The Hall–Kier alpha value is -1.06. The number of aryl methyl sites for hydroxylation is 1. The molecule has 0 amide bonds. The number of methoxy groups -OCH3 is 1. The predicted octanol–water partition coefficient (Wildman–Crippen LogP) is 1.92. The summed E-state index contributed by atoms with van der Waals surface area (Å²) in [5.74, 6) is 1.75. The number of hydrogen-bond acceptors (Lipinski definition) is 4. The summed E-state index contributed by atoms with van der Waals surface area (Å²) in [6, 6.07) is 6.74. The lowest BCUT2D eigenvalue weighted by Gasteiger charge is -2.37. The number of nitrogens with zero attached hydrogens (tertiary/aromatic N) is 3. The molecule has 2 N–H and O–H groups in total. The lowest BCUT2D eigenvalue weighted by atomic mass is 10.1. The molecule has 1 heterocycles. The van der Waals surface area contributed by atoms with Crippen LogP contribution in [0.3, 0.4) is 0 Å². The second kappa shape index (κ2) is 11.6. The van der Waals surface area contributed by atoms with Gasteiger partial charge in [-0.2, -0.15) is 0 Å². The molecule has 0 aromatic heterocycles. The minimum atomic E-state index is 0. The Morgan fingerprint density at radius 1 is 1.27 bits per heavy atom. The average Bonchev–Trinajstić information content (AvgIpc) is 2.60. The minimum absolute atomic E-state index is 0. The molecule has 1 aromatic rings. The fourth-order valence-electron chi connectivity index (χ4n) is 3.02. The second-order valence-corrected chi connectivity index (χ2v) is 6.79. The van der Waals surface area contributed by atoms with Crippen molar-refractivity contribution in [1.29, 1.82) is 0 Å². The number of piperazine rings is 1. The quantitative estimate of drug-likeness (QED) is 0.374. The minimum Gasteiger partial charge on any atom is -0.496 e. The molecule has 1 fully saturated rings. The number of benzene rings is 1. The van der Waals surface area contributed by atoms with Crippen LogP contribution in [-0.2, 0) is 6.54 Å². The largest absolute Gasteiger partial charge is 0.496 e. The first-order valence-electron chi connectivity index (χ1n) is 9.08. The molecule has 1 aliphatic heterocycles. The van der Waals surface area contributed by atoms with E-state index in [1.165, 1.54) is 5.56 Å². The van der Waals surface area contributed by atoms with E-state index < -0.39 is 0 Å².